The Labute approximate surface area is 136 Å². The number of carbonyl (C=O) groups excluding carboxylic acids is 1. The van der Waals surface area contributed by atoms with Crippen LogP contribution in [0.2, 0.25) is 10.0 Å². The van der Waals surface area contributed by atoms with Crippen LogP contribution in [0.4, 0.5) is 0 Å². The van der Waals surface area contributed by atoms with Gasteiger partial charge in [0.05, 0.1) is 15.6 Å². The zero-order valence-electron chi connectivity index (χ0n) is 12.6. The number of amides is 1. The first-order valence-corrected chi connectivity index (χ1v) is 8.01. The molecule has 5 heteroatoms. The summed E-state index contributed by atoms with van der Waals surface area (Å²) in [4.78, 5) is 12.4. The van der Waals surface area contributed by atoms with Gasteiger partial charge < -0.3 is 11.1 Å². The van der Waals surface area contributed by atoms with Crippen molar-refractivity contribution in [2.45, 2.75) is 38.6 Å². The highest BCUT2D eigenvalue weighted by atomic mass is 35.5. The molecule has 0 aromatic heterocycles. The Hall–Kier alpha value is -0.770. The summed E-state index contributed by atoms with van der Waals surface area (Å²) in [7, 11) is 0. The molecule has 1 aromatic carbocycles. The first-order valence-electron chi connectivity index (χ1n) is 7.26. The lowest BCUT2D eigenvalue weighted by Gasteiger charge is -2.33. The Morgan fingerprint density at radius 1 is 1.48 bits per heavy atom. The van der Waals surface area contributed by atoms with E-state index >= 15 is 0 Å². The maximum Gasteiger partial charge on any atom is 0.224 e. The predicted molar refractivity (Wildman–Crippen MR) is 87.8 cm³/mol. The van der Waals surface area contributed by atoms with Crippen LogP contribution in [0.25, 0.3) is 0 Å². The number of benzene rings is 1. The molecule has 116 valence electrons. The molecule has 3 atom stereocenters. The van der Waals surface area contributed by atoms with Crippen LogP contribution in [0.1, 0.15) is 38.7 Å². The quantitative estimate of drug-likeness (QED) is 0.867. The zero-order chi connectivity index (χ0) is 15.8. The lowest BCUT2D eigenvalue weighted by atomic mass is 9.88. The van der Waals surface area contributed by atoms with Crippen LogP contribution >= 0.6 is 23.2 Å². The van der Waals surface area contributed by atoms with Crippen LogP contribution in [0.3, 0.4) is 0 Å². The summed E-state index contributed by atoms with van der Waals surface area (Å²) in [6.45, 7) is 6.53. The Kier molecular flexibility index (Phi) is 4.86. The van der Waals surface area contributed by atoms with E-state index in [1.807, 2.05) is 19.1 Å². The van der Waals surface area contributed by atoms with Crippen molar-refractivity contribution in [3.05, 3.63) is 33.8 Å². The van der Waals surface area contributed by atoms with Gasteiger partial charge in [0.15, 0.2) is 0 Å². The van der Waals surface area contributed by atoms with Crippen LogP contribution in [0.15, 0.2) is 18.2 Å². The lowest BCUT2D eigenvalue weighted by molar-refractivity contribution is -0.124. The summed E-state index contributed by atoms with van der Waals surface area (Å²) < 4.78 is 0. The molecule has 0 heterocycles. The summed E-state index contributed by atoms with van der Waals surface area (Å²) in [6, 6.07) is 5.57. The van der Waals surface area contributed by atoms with Gasteiger partial charge in [0.1, 0.15) is 0 Å². The van der Waals surface area contributed by atoms with Gasteiger partial charge in [-0.2, -0.15) is 0 Å². The van der Waals surface area contributed by atoms with Crippen LogP contribution in [0, 0.1) is 11.8 Å². The molecule has 1 aliphatic carbocycles. The average Bonchev–Trinajstić information content (AvgIpc) is 3.21. The van der Waals surface area contributed by atoms with Gasteiger partial charge in [0.25, 0.3) is 0 Å². The standard InChI is InChI=1S/C16H22Cl2N2O/c1-9(2)16(3,8-19)20-15(21)12-7-11(12)10-5-4-6-13(17)14(10)18/h4-6,9,11-12H,7-8,19H2,1-3H3,(H,20,21). The summed E-state index contributed by atoms with van der Waals surface area (Å²) >= 11 is 12.3. The number of nitrogens with one attached hydrogen (secondary N) is 1. The van der Waals surface area contributed by atoms with Crippen LogP contribution in [-0.4, -0.2) is 18.0 Å². The van der Waals surface area contributed by atoms with Crippen molar-refractivity contribution in [1.82, 2.24) is 5.32 Å². The molecule has 3 unspecified atom stereocenters. The number of hydrogen-bond acceptors (Lipinski definition) is 2. The lowest BCUT2D eigenvalue weighted by Crippen LogP contribution is -2.55. The maximum absolute atomic E-state index is 12.4. The maximum atomic E-state index is 12.4. The van der Waals surface area contributed by atoms with Crippen molar-refractivity contribution >= 4 is 29.1 Å². The number of carbonyl (C=O) groups is 1. The third-order valence-corrected chi connectivity index (χ3v) is 5.45. The molecule has 3 nitrogen and oxygen atoms in total. The van der Waals surface area contributed by atoms with Gasteiger partial charge in [-0.15, -0.1) is 0 Å². The normalized spacial score (nSPS) is 23.8. The molecule has 1 amide bonds. The average molecular weight is 329 g/mol. The van der Waals surface area contributed by atoms with Crippen molar-refractivity contribution in [2.75, 3.05) is 6.54 Å². The molecule has 0 bridgehead atoms. The van der Waals surface area contributed by atoms with E-state index < -0.39 is 0 Å². The highest BCUT2D eigenvalue weighted by molar-refractivity contribution is 6.42. The minimum Gasteiger partial charge on any atom is -0.349 e. The number of hydrogen-bond donors (Lipinski definition) is 2. The van der Waals surface area contributed by atoms with Crippen molar-refractivity contribution < 1.29 is 4.79 Å². The third kappa shape index (κ3) is 3.36. The van der Waals surface area contributed by atoms with E-state index in [1.165, 1.54) is 0 Å². The molecule has 0 spiro atoms. The SMILES string of the molecule is CC(C)C(C)(CN)NC(=O)C1CC1c1cccc(Cl)c1Cl. The third-order valence-electron chi connectivity index (χ3n) is 4.62. The molecule has 1 saturated carbocycles. The first kappa shape index (κ1) is 16.6. The van der Waals surface area contributed by atoms with Gasteiger partial charge in [-0.05, 0) is 36.8 Å². The Bertz CT molecular complexity index is 547. The summed E-state index contributed by atoms with van der Waals surface area (Å²) in [5.74, 6) is 0.451. The fraction of sp³-hybridized carbons (Fsp3) is 0.562. The minimum absolute atomic E-state index is 0.0365. The zero-order valence-corrected chi connectivity index (χ0v) is 14.1. The Morgan fingerprint density at radius 3 is 2.71 bits per heavy atom. The topological polar surface area (TPSA) is 55.1 Å². The van der Waals surface area contributed by atoms with Gasteiger partial charge >= 0.3 is 0 Å². The summed E-state index contributed by atoms with van der Waals surface area (Å²) in [5.41, 5.74) is 6.40. The van der Waals surface area contributed by atoms with E-state index in [-0.39, 0.29) is 29.2 Å². The van der Waals surface area contributed by atoms with Crippen molar-refractivity contribution in [3.63, 3.8) is 0 Å². The van der Waals surface area contributed by atoms with Gasteiger partial charge in [0, 0.05) is 12.5 Å². The van der Waals surface area contributed by atoms with Gasteiger partial charge in [-0.1, -0.05) is 49.2 Å². The van der Waals surface area contributed by atoms with E-state index in [2.05, 4.69) is 19.2 Å². The highest BCUT2D eigenvalue weighted by Crippen LogP contribution is 2.50. The number of halogens is 2. The van der Waals surface area contributed by atoms with Crippen LogP contribution < -0.4 is 11.1 Å². The largest absolute Gasteiger partial charge is 0.349 e. The van der Waals surface area contributed by atoms with Crippen molar-refractivity contribution in [2.24, 2.45) is 17.6 Å². The van der Waals surface area contributed by atoms with E-state index in [9.17, 15) is 4.79 Å². The van der Waals surface area contributed by atoms with Crippen molar-refractivity contribution in [1.29, 1.82) is 0 Å². The monoisotopic (exact) mass is 328 g/mol. The second kappa shape index (κ2) is 6.15. The molecule has 0 aliphatic heterocycles. The second-order valence-electron chi connectivity index (χ2n) is 6.36. The molecule has 3 N–H and O–H groups in total. The smallest absolute Gasteiger partial charge is 0.224 e. The van der Waals surface area contributed by atoms with E-state index in [0.717, 1.165) is 12.0 Å². The Balaban J connectivity index is 2.06. The molecule has 1 aromatic rings. The van der Waals surface area contributed by atoms with Gasteiger partial charge in [-0.25, -0.2) is 0 Å². The van der Waals surface area contributed by atoms with Crippen molar-refractivity contribution in [3.8, 4) is 0 Å². The molecular formula is C16H22Cl2N2O. The van der Waals surface area contributed by atoms with E-state index in [0.29, 0.717) is 16.6 Å². The molecule has 1 aliphatic rings. The van der Waals surface area contributed by atoms with Gasteiger partial charge in [-0.3, -0.25) is 4.79 Å². The first-order chi connectivity index (χ1) is 9.80. The van der Waals surface area contributed by atoms with Crippen LogP contribution in [0.5, 0.6) is 0 Å². The summed E-state index contributed by atoms with van der Waals surface area (Å²) in [6.07, 6.45) is 0.810. The molecule has 0 saturated heterocycles. The van der Waals surface area contributed by atoms with Crippen LogP contribution in [-0.2, 0) is 4.79 Å². The van der Waals surface area contributed by atoms with E-state index in [4.69, 9.17) is 28.9 Å². The van der Waals surface area contributed by atoms with E-state index in [1.54, 1.807) is 6.07 Å². The number of nitrogens with two attached hydrogens (primary N) is 1. The van der Waals surface area contributed by atoms with Gasteiger partial charge in [0.2, 0.25) is 5.91 Å². The molecular weight excluding hydrogens is 307 g/mol. The Morgan fingerprint density at radius 2 is 2.14 bits per heavy atom. The molecule has 2 rings (SSSR count). The number of rotatable bonds is 5. The highest BCUT2D eigenvalue weighted by Gasteiger charge is 2.46. The second-order valence-corrected chi connectivity index (χ2v) is 7.14. The molecule has 0 radical (unpaired) electrons. The molecule has 1 fully saturated rings. The summed E-state index contributed by atoms with van der Waals surface area (Å²) in [5, 5.41) is 4.19. The molecule has 21 heavy (non-hydrogen) atoms. The minimum atomic E-state index is -0.373. The fourth-order valence-corrected chi connectivity index (χ4v) is 2.89. The predicted octanol–water partition coefficient (Wildman–Crippen LogP) is 3.59. The fourth-order valence-electron chi connectivity index (χ4n) is 2.44.